The molecule has 2 aliphatic rings. The molecule has 0 radical (unpaired) electrons. The third kappa shape index (κ3) is 3.77. The maximum absolute atomic E-state index is 13.2. The smallest absolute Gasteiger partial charge is 0.219 e. The normalized spacial score (nSPS) is 18.8. The van der Waals surface area contributed by atoms with Crippen LogP contribution in [0.1, 0.15) is 44.7 Å². The molecule has 2 aromatic heterocycles. The average Bonchev–Trinajstić information content (AvgIpc) is 3.25. The topological polar surface area (TPSA) is 122 Å². The molecule has 1 aliphatic heterocycles. The molecule has 5 rings (SSSR count). The van der Waals surface area contributed by atoms with Gasteiger partial charge in [-0.2, -0.15) is 5.26 Å². The van der Waals surface area contributed by atoms with Crippen molar-refractivity contribution in [3.63, 3.8) is 0 Å². The second-order valence-electron chi connectivity index (χ2n) is 8.12. The Morgan fingerprint density at radius 3 is 2.79 bits per heavy atom. The molecule has 0 bridgehead atoms. The van der Waals surface area contributed by atoms with Gasteiger partial charge in [0.1, 0.15) is 5.82 Å². The van der Waals surface area contributed by atoms with E-state index in [1.807, 2.05) is 24.3 Å². The van der Waals surface area contributed by atoms with Gasteiger partial charge in [0, 0.05) is 22.9 Å². The molecule has 166 valence electrons. The van der Waals surface area contributed by atoms with E-state index in [1.165, 1.54) is 11.3 Å². The number of hydrogen-bond acceptors (Lipinski definition) is 10. The Labute approximate surface area is 199 Å². The molecular formula is C23H21N7OS2. The number of allylic oxidation sites excluding steroid dienone is 3. The second-order valence-corrected chi connectivity index (χ2v) is 10.9. The predicted octanol–water partition coefficient (Wildman–Crippen LogP) is 4.29. The number of carbonyl (C=O) groups is 1. The Kier molecular flexibility index (Phi) is 5.60. The summed E-state index contributed by atoms with van der Waals surface area (Å²) in [5, 5.41) is 19.7. The molecule has 0 spiro atoms. The van der Waals surface area contributed by atoms with Crippen molar-refractivity contribution in [2.45, 2.75) is 48.6 Å². The zero-order valence-electron chi connectivity index (χ0n) is 18.1. The number of benzene rings is 1. The molecule has 1 atom stereocenters. The molecular weight excluding hydrogens is 454 g/mol. The monoisotopic (exact) mass is 475 g/mol. The third-order valence-electron chi connectivity index (χ3n) is 5.60. The summed E-state index contributed by atoms with van der Waals surface area (Å²) in [6.45, 7) is 4.18. The van der Waals surface area contributed by atoms with Crippen molar-refractivity contribution in [2.24, 2.45) is 5.73 Å². The van der Waals surface area contributed by atoms with E-state index in [-0.39, 0.29) is 17.2 Å². The van der Waals surface area contributed by atoms with Crippen molar-refractivity contribution in [1.82, 2.24) is 20.2 Å². The lowest BCUT2D eigenvalue weighted by molar-refractivity contribution is -0.116. The lowest BCUT2D eigenvalue weighted by Crippen LogP contribution is -2.39. The summed E-state index contributed by atoms with van der Waals surface area (Å²) in [5.74, 6) is -0.380. The van der Waals surface area contributed by atoms with Gasteiger partial charge in [-0.05, 0) is 25.0 Å². The van der Waals surface area contributed by atoms with Gasteiger partial charge < -0.3 is 5.73 Å². The minimum absolute atomic E-state index is 0.00255. The first kappa shape index (κ1) is 21.6. The molecule has 1 aliphatic carbocycles. The van der Waals surface area contributed by atoms with E-state index in [9.17, 15) is 10.1 Å². The summed E-state index contributed by atoms with van der Waals surface area (Å²) in [6, 6.07) is 9.78. The molecule has 3 heterocycles. The van der Waals surface area contributed by atoms with Gasteiger partial charge >= 0.3 is 0 Å². The van der Waals surface area contributed by atoms with E-state index in [0.29, 0.717) is 46.4 Å². The Bertz CT molecular complexity index is 1370. The van der Waals surface area contributed by atoms with E-state index in [0.717, 1.165) is 15.6 Å². The highest BCUT2D eigenvalue weighted by Crippen LogP contribution is 2.46. The largest absolute Gasteiger partial charge is 0.384 e. The minimum Gasteiger partial charge on any atom is -0.384 e. The summed E-state index contributed by atoms with van der Waals surface area (Å²) >= 11 is 3.02. The van der Waals surface area contributed by atoms with Gasteiger partial charge in [0.2, 0.25) is 5.13 Å². The van der Waals surface area contributed by atoms with Crippen LogP contribution >= 0.6 is 23.1 Å². The fraction of sp³-hybridized carbons (Fsp3) is 0.304. The number of anilines is 1. The first-order valence-electron chi connectivity index (χ1n) is 10.7. The van der Waals surface area contributed by atoms with Crippen LogP contribution in [-0.4, -0.2) is 31.2 Å². The first-order valence-corrected chi connectivity index (χ1v) is 12.4. The highest BCUT2D eigenvalue weighted by molar-refractivity contribution is 8.01. The molecule has 0 unspecified atom stereocenters. The molecule has 3 aromatic rings. The molecule has 0 fully saturated rings. The van der Waals surface area contributed by atoms with Crippen molar-refractivity contribution in [2.75, 3.05) is 4.90 Å². The van der Waals surface area contributed by atoms with Gasteiger partial charge in [-0.3, -0.25) is 14.7 Å². The lowest BCUT2D eigenvalue weighted by atomic mass is 9.77. The number of hydrogen-bond donors (Lipinski definition) is 1. The number of aromatic nitrogens is 4. The Morgan fingerprint density at radius 2 is 2.03 bits per heavy atom. The van der Waals surface area contributed by atoms with Crippen molar-refractivity contribution < 1.29 is 4.79 Å². The third-order valence-corrected chi connectivity index (χ3v) is 7.60. The van der Waals surface area contributed by atoms with E-state index in [2.05, 4.69) is 35.1 Å². The van der Waals surface area contributed by atoms with E-state index < -0.39 is 5.92 Å². The summed E-state index contributed by atoms with van der Waals surface area (Å²) < 4.78 is 0.818. The zero-order valence-corrected chi connectivity index (χ0v) is 19.8. The van der Waals surface area contributed by atoms with Crippen LogP contribution in [0, 0.1) is 11.3 Å². The summed E-state index contributed by atoms with van der Waals surface area (Å²) in [6.07, 6.45) is 3.44. The number of rotatable bonds is 4. The van der Waals surface area contributed by atoms with E-state index in [1.54, 1.807) is 22.9 Å². The average molecular weight is 476 g/mol. The summed E-state index contributed by atoms with van der Waals surface area (Å²) in [4.78, 5) is 24.2. The van der Waals surface area contributed by atoms with Crippen LogP contribution in [0.4, 0.5) is 5.13 Å². The van der Waals surface area contributed by atoms with Gasteiger partial charge in [0.15, 0.2) is 10.1 Å². The number of thioether (sulfide) groups is 1. The van der Waals surface area contributed by atoms with Crippen molar-refractivity contribution in [1.29, 1.82) is 5.26 Å². The molecule has 1 aromatic carbocycles. The standard InChI is InChI=1S/C23H21N7OS2/c1-12(2)32-23-29-28-22(33-23)30-17-8-5-9-18(31)20(17)19(13(10-24)21(30)25)16-11-26-14-6-3-4-7-15(14)27-16/h3-4,6-7,11-12,19H,5,8-9,25H2,1-2H3/t19-/m0/s1. The number of Topliss-reactive ketones (excluding diaryl/α,β-unsaturated/α-hetero) is 1. The second kappa shape index (κ2) is 8.57. The fourth-order valence-corrected chi connectivity index (χ4v) is 6.36. The van der Waals surface area contributed by atoms with Gasteiger partial charge in [0.05, 0.1) is 40.5 Å². The minimum atomic E-state index is -0.649. The number of nitriles is 1. The Balaban J connectivity index is 1.68. The fourth-order valence-electron chi connectivity index (χ4n) is 4.25. The molecule has 0 amide bonds. The van der Waals surface area contributed by atoms with Gasteiger partial charge in [-0.25, -0.2) is 4.98 Å². The number of fused-ring (bicyclic) bond motifs is 1. The van der Waals surface area contributed by atoms with E-state index in [4.69, 9.17) is 10.7 Å². The number of ketones is 1. The van der Waals surface area contributed by atoms with Crippen LogP contribution in [0.3, 0.4) is 0 Å². The molecule has 33 heavy (non-hydrogen) atoms. The Hall–Kier alpha value is -3.29. The molecule has 2 N–H and O–H groups in total. The number of carbonyl (C=O) groups excluding carboxylic acids is 1. The Morgan fingerprint density at radius 1 is 1.24 bits per heavy atom. The first-order chi connectivity index (χ1) is 16.0. The van der Waals surface area contributed by atoms with E-state index >= 15 is 0 Å². The van der Waals surface area contributed by atoms with Crippen LogP contribution in [0.25, 0.3) is 11.0 Å². The molecule has 8 nitrogen and oxygen atoms in total. The predicted molar refractivity (Wildman–Crippen MR) is 128 cm³/mol. The van der Waals surface area contributed by atoms with Crippen molar-refractivity contribution >= 4 is 45.0 Å². The zero-order chi connectivity index (χ0) is 23.1. The maximum atomic E-state index is 13.2. The van der Waals surface area contributed by atoms with Crippen molar-refractivity contribution in [3.05, 3.63) is 58.8 Å². The highest BCUT2D eigenvalue weighted by Gasteiger charge is 2.42. The molecule has 0 saturated heterocycles. The van der Waals surface area contributed by atoms with Gasteiger partial charge in [-0.1, -0.05) is 49.1 Å². The summed E-state index contributed by atoms with van der Waals surface area (Å²) in [5.41, 5.74) is 10.2. The highest BCUT2D eigenvalue weighted by atomic mass is 32.2. The lowest BCUT2D eigenvalue weighted by Gasteiger charge is -2.37. The van der Waals surface area contributed by atoms with Crippen molar-refractivity contribution in [3.8, 4) is 6.07 Å². The van der Waals surface area contributed by atoms with Crippen LogP contribution in [-0.2, 0) is 4.79 Å². The molecule has 0 saturated carbocycles. The number of nitrogens with two attached hydrogens (primary N) is 1. The van der Waals surface area contributed by atoms with Gasteiger partial charge in [0.25, 0.3) is 0 Å². The SMILES string of the molecule is CC(C)Sc1nnc(N2C(N)=C(C#N)[C@@H](c3cnc4ccccc4n3)C3=C2CCCC3=O)s1. The van der Waals surface area contributed by atoms with Crippen LogP contribution in [0.15, 0.2) is 57.5 Å². The summed E-state index contributed by atoms with van der Waals surface area (Å²) in [7, 11) is 0. The number of nitrogens with zero attached hydrogens (tertiary/aromatic N) is 6. The van der Waals surface area contributed by atoms with Crippen LogP contribution < -0.4 is 10.6 Å². The van der Waals surface area contributed by atoms with Crippen LogP contribution in [0.2, 0.25) is 0 Å². The maximum Gasteiger partial charge on any atom is 0.219 e. The quantitative estimate of drug-likeness (QED) is 0.551. The number of para-hydroxylation sites is 2. The van der Waals surface area contributed by atoms with Gasteiger partial charge in [-0.15, -0.1) is 10.2 Å². The van der Waals surface area contributed by atoms with Crippen LogP contribution in [0.5, 0.6) is 0 Å². The molecule has 10 heteroatoms.